The molecule has 2 N–H and O–H groups in total. The maximum absolute atomic E-state index is 12.0. The van der Waals surface area contributed by atoms with E-state index in [9.17, 15) is 4.79 Å². The summed E-state index contributed by atoms with van der Waals surface area (Å²) in [6, 6.07) is 0. The molecule has 6 heteroatoms. The number of aromatic nitrogens is 1. The van der Waals surface area contributed by atoms with Crippen LogP contribution >= 0.6 is 11.5 Å². The SMILES string of the molecule is CC(C)(C)OC(=O)N1CCC(N)(c2cnsc2)CC1. The summed E-state index contributed by atoms with van der Waals surface area (Å²) in [5.41, 5.74) is 6.66. The Kier molecular flexibility index (Phi) is 3.82. The Morgan fingerprint density at radius 3 is 2.58 bits per heavy atom. The summed E-state index contributed by atoms with van der Waals surface area (Å²) in [4.78, 5) is 13.7. The van der Waals surface area contributed by atoms with Gasteiger partial charge >= 0.3 is 6.09 Å². The topological polar surface area (TPSA) is 68.5 Å². The van der Waals surface area contributed by atoms with Crippen molar-refractivity contribution in [2.45, 2.75) is 44.8 Å². The number of hydrogen-bond acceptors (Lipinski definition) is 5. The Balaban J connectivity index is 1.94. The molecule has 2 rings (SSSR count). The summed E-state index contributed by atoms with van der Waals surface area (Å²) in [6.45, 7) is 6.87. The highest BCUT2D eigenvalue weighted by Crippen LogP contribution is 2.31. The fourth-order valence-electron chi connectivity index (χ4n) is 2.15. The third-order valence-electron chi connectivity index (χ3n) is 3.31. The molecule has 1 aromatic rings. The van der Waals surface area contributed by atoms with Crippen LogP contribution < -0.4 is 5.73 Å². The van der Waals surface area contributed by atoms with E-state index in [0.717, 1.165) is 18.4 Å². The molecule has 2 heterocycles. The van der Waals surface area contributed by atoms with Gasteiger partial charge in [0.25, 0.3) is 0 Å². The van der Waals surface area contributed by atoms with Crippen LogP contribution in [-0.4, -0.2) is 34.1 Å². The summed E-state index contributed by atoms with van der Waals surface area (Å²) in [5, 5.41) is 1.99. The van der Waals surface area contributed by atoms with Gasteiger partial charge < -0.3 is 15.4 Å². The molecule has 5 nitrogen and oxygen atoms in total. The molecule has 0 bridgehead atoms. The standard InChI is InChI=1S/C13H21N3O2S/c1-12(2,3)18-11(17)16-6-4-13(14,5-7-16)10-8-15-19-9-10/h8-9H,4-7,14H2,1-3H3. The average Bonchev–Trinajstić information content (AvgIpc) is 2.81. The number of carbonyl (C=O) groups excluding carboxylic acids is 1. The number of piperidine rings is 1. The predicted octanol–water partition coefficient (Wildman–Crippen LogP) is 2.33. The lowest BCUT2D eigenvalue weighted by Crippen LogP contribution is -2.50. The van der Waals surface area contributed by atoms with Crippen molar-refractivity contribution in [2.24, 2.45) is 5.73 Å². The van der Waals surface area contributed by atoms with Crippen LogP contribution in [0.2, 0.25) is 0 Å². The van der Waals surface area contributed by atoms with E-state index in [1.165, 1.54) is 11.5 Å². The van der Waals surface area contributed by atoms with Crippen molar-refractivity contribution in [1.82, 2.24) is 9.27 Å². The summed E-state index contributed by atoms with van der Waals surface area (Å²) in [7, 11) is 0. The van der Waals surface area contributed by atoms with Gasteiger partial charge in [-0.1, -0.05) is 0 Å². The highest BCUT2D eigenvalue weighted by atomic mass is 32.1. The Hall–Kier alpha value is -1.14. The molecule has 0 unspecified atom stereocenters. The first kappa shape index (κ1) is 14.3. The van der Waals surface area contributed by atoms with Gasteiger partial charge in [-0.3, -0.25) is 0 Å². The fourth-order valence-corrected chi connectivity index (χ4v) is 2.80. The van der Waals surface area contributed by atoms with Gasteiger partial charge in [0.2, 0.25) is 0 Å². The Morgan fingerprint density at radius 1 is 1.47 bits per heavy atom. The van der Waals surface area contributed by atoms with Crippen molar-refractivity contribution < 1.29 is 9.53 Å². The number of ether oxygens (including phenoxy) is 1. The molecule has 1 amide bonds. The van der Waals surface area contributed by atoms with E-state index in [-0.39, 0.29) is 11.6 Å². The number of amides is 1. The van der Waals surface area contributed by atoms with Crippen molar-refractivity contribution in [2.75, 3.05) is 13.1 Å². The van der Waals surface area contributed by atoms with Crippen molar-refractivity contribution in [3.05, 3.63) is 17.1 Å². The fraction of sp³-hybridized carbons (Fsp3) is 0.692. The maximum atomic E-state index is 12.0. The second-order valence-corrected chi connectivity index (χ2v) is 6.69. The zero-order chi connectivity index (χ0) is 14.1. The average molecular weight is 283 g/mol. The van der Waals surface area contributed by atoms with Crippen LogP contribution in [0.15, 0.2) is 11.6 Å². The molecule has 1 saturated heterocycles. The Bertz CT molecular complexity index is 431. The van der Waals surface area contributed by atoms with Crippen LogP contribution in [0.1, 0.15) is 39.2 Å². The third kappa shape index (κ3) is 3.45. The number of rotatable bonds is 1. The van der Waals surface area contributed by atoms with E-state index in [4.69, 9.17) is 10.5 Å². The molecular weight excluding hydrogens is 262 g/mol. The van der Waals surface area contributed by atoms with Gasteiger partial charge in [0, 0.05) is 35.8 Å². The molecule has 19 heavy (non-hydrogen) atoms. The van der Waals surface area contributed by atoms with Crippen LogP contribution in [0.4, 0.5) is 4.79 Å². The van der Waals surface area contributed by atoms with Gasteiger partial charge in [0.15, 0.2) is 0 Å². The molecule has 1 aliphatic rings. The predicted molar refractivity (Wildman–Crippen MR) is 75.0 cm³/mol. The number of carbonyl (C=O) groups is 1. The summed E-state index contributed by atoms with van der Waals surface area (Å²) >= 11 is 1.41. The van der Waals surface area contributed by atoms with Crippen LogP contribution in [0, 0.1) is 0 Å². The van der Waals surface area contributed by atoms with E-state index in [1.807, 2.05) is 32.3 Å². The minimum absolute atomic E-state index is 0.252. The Labute approximate surface area is 117 Å². The van der Waals surface area contributed by atoms with E-state index < -0.39 is 5.60 Å². The molecular formula is C13H21N3O2S. The Morgan fingerprint density at radius 2 is 2.11 bits per heavy atom. The van der Waals surface area contributed by atoms with Gasteiger partial charge in [-0.2, -0.15) is 0 Å². The van der Waals surface area contributed by atoms with E-state index in [1.54, 1.807) is 4.90 Å². The van der Waals surface area contributed by atoms with Gasteiger partial charge in [0.1, 0.15) is 5.60 Å². The van der Waals surface area contributed by atoms with Crippen LogP contribution in [0.25, 0.3) is 0 Å². The minimum Gasteiger partial charge on any atom is -0.444 e. The lowest BCUT2D eigenvalue weighted by atomic mass is 9.84. The number of hydrogen-bond donors (Lipinski definition) is 1. The largest absolute Gasteiger partial charge is 0.444 e. The lowest BCUT2D eigenvalue weighted by Gasteiger charge is -2.39. The van der Waals surface area contributed by atoms with E-state index in [0.29, 0.717) is 13.1 Å². The van der Waals surface area contributed by atoms with Gasteiger partial charge in [-0.05, 0) is 45.1 Å². The number of nitrogens with two attached hydrogens (primary N) is 1. The van der Waals surface area contributed by atoms with Gasteiger partial charge in [0.05, 0.1) is 0 Å². The summed E-state index contributed by atoms with van der Waals surface area (Å²) in [6.07, 6.45) is 3.06. The van der Waals surface area contributed by atoms with Crippen molar-refractivity contribution in [3.8, 4) is 0 Å². The first-order valence-corrected chi connectivity index (χ1v) is 7.30. The molecule has 0 aromatic carbocycles. The highest BCUT2D eigenvalue weighted by molar-refractivity contribution is 7.03. The van der Waals surface area contributed by atoms with Crippen LogP contribution in [0.3, 0.4) is 0 Å². The second kappa shape index (κ2) is 5.09. The lowest BCUT2D eigenvalue weighted by molar-refractivity contribution is 0.0166. The van der Waals surface area contributed by atoms with Crippen LogP contribution in [-0.2, 0) is 10.3 Å². The smallest absolute Gasteiger partial charge is 0.410 e. The van der Waals surface area contributed by atoms with E-state index in [2.05, 4.69) is 4.37 Å². The molecule has 0 atom stereocenters. The second-order valence-electron chi connectivity index (χ2n) is 6.04. The molecule has 106 valence electrons. The van der Waals surface area contributed by atoms with Crippen molar-refractivity contribution in [3.63, 3.8) is 0 Å². The molecule has 1 fully saturated rings. The first-order chi connectivity index (χ1) is 8.80. The molecule has 0 saturated carbocycles. The summed E-state index contributed by atoms with van der Waals surface area (Å²) in [5.74, 6) is 0. The molecule has 1 aliphatic heterocycles. The zero-order valence-electron chi connectivity index (χ0n) is 11.7. The minimum atomic E-state index is -0.453. The normalized spacial score (nSPS) is 19.3. The highest BCUT2D eigenvalue weighted by Gasteiger charge is 2.35. The van der Waals surface area contributed by atoms with Gasteiger partial charge in [-0.25, -0.2) is 9.17 Å². The molecule has 1 aromatic heterocycles. The quantitative estimate of drug-likeness (QED) is 0.859. The first-order valence-electron chi connectivity index (χ1n) is 6.47. The summed E-state index contributed by atoms with van der Waals surface area (Å²) < 4.78 is 9.47. The number of nitrogens with zero attached hydrogens (tertiary/aromatic N) is 2. The van der Waals surface area contributed by atoms with Crippen molar-refractivity contribution in [1.29, 1.82) is 0 Å². The zero-order valence-corrected chi connectivity index (χ0v) is 12.5. The van der Waals surface area contributed by atoms with E-state index >= 15 is 0 Å². The third-order valence-corrected chi connectivity index (χ3v) is 3.90. The molecule has 0 radical (unpaired) electrons. The van der Waals surface area contributed by atoms with Crippen LogP contribution in [0.5, 0.6) is 0 Å². The molecule has 0 spiro atoms. The van der Waals surface area contributed by atoms with Crippen molar-refractivity contribution >= 4 is 17.6 Å². The molecule has 0 aliphatic carbocycles. The van der Waals surface area contributed by atoms with Gasteiger partial charge in [-0.15, -0.1) is 0 Å². The monoisotopic (exact) mass is 283 g/mol. The maximum Gasteiger partial charge on any atom is 0.410 e. The number of likely N-dealkylation sites (tertiary alicyclic amines) is 1.